The summed E-state index contributed by atoms with van der Waals surface area (Å²) in [6, 6.07) is 3.39. The van der Waals surface area contributed by atoms with E-state index in [2.05, 4.69) is 31.2 Å². The summed E-state index contributed by atoms with van der Waals surface area (Å²) < 4.78 is 7.62. The highest BCUT2D eigenvalue weighted by molar-refractivity contribution is 6.21. The predicted octanol–water partition coefficient (Wildman–Crippen LogP) is 1.11. The number of ether oxygens (including phenoxy) is 1. The monoisotopic (exact) mass is 514 g/mol. The van der Waals surface area contributed by atoms with Gasteiger partial charge < -0.3 is 20.9 Å². The van der Waals surface area contributed by atoms with E-state index in [-0.39, 0.29) is 59.3 Å². The molecule has 6 unspecified atom stereocenters. The molecule has 6 N–H and O–H groups in total. The molecular weight excluding hydrogens is 484 g/mol. The molecule has 3 aromatic rings. The Balaban J connectivity index is 1.41. The molecule has 5 rings (SSSR count). The van der Waals surface area contributed by atoms with E-state index >= 15 is 0 Å². The molecule has 3 aromatic heterocycles. The predicted molar refractivity (Wildman–Crippen MR) is 135 cm³/mol. The number of nitrogen functional groups attached to an aromatic ring is 1. The van der Waals surface area contributed by atoms with Crippen molar-refractivity contribution < 1.29 is 14.6 Å². The van der Waals surface area contributed by atoms with E-state index < -0.39 is 0 Å². The number of carbonyl (C=O) groups is 1. The zero-order valence-electron chi connectivity index (χ0n) is 20.2. The Kier molecular flexibility index (Phi) is 7.09. The summed E-state index contributed by atoms with van der Waals surface area (Å²) in [6.07, 6.45) is 5.56. The summed E-state index contributed by atoms with van der Waals surface area (Å²) in [4.78, 5) is 22.3. The first-order valence-corrected chi connectivity index (χ1v) is 12.6. The summed E-state index contributed by atoms with van der Waals surface area (Å²) in [7, 11) is 0. The number of aliphatic hydroxyl groups is 1. The van der Waals surface area contributed by atoms with Crippen LogP contribution >= 0.6 is 11.6 Å². The lowest BCUT2D eigenvalue weighted by atomic mass is 9.73. The second kappa shape index (κ2) is 10.3. The Hall–Kier alpha value is -2.83. The van der Waals surface area contributed by atoms with Crippen molar-refractivity contribution in [3.05, 3.63) is 41.9 Å². The Morgan fingerprint density at radius 2 is 2.28 bits per heavy atom. The van der Waals surface area contributed by atoms with E-state index in [0.717, 1.165) is 13.0 Å². The normalized spacial score (nSPS) is 26.6. The quantitative estimate of drug-likeness (QED) is 0.292. The number of carbonyl (C=O) groups excluding carboxylic acids is 1. The minimum Gasteiger partial charge on any atom is -0.392 e. The number of nitrogens with zero attached hydrogens (tertiary/aromatic N) is 4. The van der Waals surface area contributed by atoms with Crippen LogP contribution in [0.15, 0.2) is 30.7 Å². The van der Waals surface area contributed by atoms with Gasteiger partial charge >= 0.3 is 0 Å². The Bertz CT molecular complexity index is 1250. The molecule has 6 atom stereocenters. The number of aromatic nitrogens is 4. The molecule has 1 saturated carbocycles. The topological polar surface area (TPSA) is 152 Å². The minimum atomic E-state index is -0.358. The van der Waals surface area contributed by atoms with Crippen LogP contribution in [0.25, 0.3) is 16.9 Å². The average Bonchev–Trinajstić information content (AvgIpc) is 3.49. The van der Waals surface area contributed by atoms with Crippen molar-refractivity contribution in [1.82, 2.24) is 35.8 Å². The van der Waals surface area contributed by atoms with E-state index in [0.29, 0.717) is 29.1 Å². The number of alkyl halides is 1. The molecule has 0 bridgehead atoms. The number of aliphatic hydroxyl groups excluding tert-OH is 1. The number of hydrazine groups is 1. The number of rotatable bonds is 7. The van der Waals surface area contributed by atoms with Crippen molar-refractivity contribution >= 4 is 29.0 Å². The van der Waals surface area contributed by atoms with Crippen molar-refractivity contribution in [3.63, 3.8) is 0 Å². The molecule has 2 fully saturated rings. The molecule has 0 aromatic carbocycles. The van der Waals surface area contributed by atoms with Gasteiger partial charge in [0, 0.05) is 60.6 Å². The van der Waals surface area contributed by atoms with Crippen LogP contribution in [0.2, 0.25) is 0 Å². The highest BCUT2D eigenvalue weighted by Gasteiger charge is 2.48. The largest absolute Gasteiger partial charge is 0.392 e. The maximum absolute atomic E-state index is 13.5. The number of anilines is 1. The van der Waals surface area contributed by atoms with Gasteiger partial charge in [-0.3, -0.25) is 20.6 Å². The zero-order valence-corrected chi connectivity index (χ0v) is 20.9. The lowest BCUT2D eigenvalue weighted by molar-refractivity contribution is -0.0422. The first-order chi connectivity index (χ1) is 17.4. The molecule has 1 aliphatic heterocycles. The molecule has 36 heavy (non-hydrogen) atoms. The number of halogens is 1. The van der Waals surface area contributed by atoms with Crippen molar-refractivity contribution in [1.29, 1.82) is 0 Å². The van der Waals surface area contributed by atoms with Crippen LogP contribution in [0.5, 0.6) is 0 Å². The molecule has 2 aliphatic rings. The molecular formula is C24H31ClN8O3. The molecule has 0 spiro atoms. The van der Waals surface area contributed by atoms with Crippen LogP contribution in [-0.4, -0.2) is 67.3 Å². The van der Waals surface area contributed by atoms with Crippen LogP contribution < -0.4 is 21.9 Å². The van der Waals surface area contributed by atoms with Crippen LogP contribution in [0, 0.1) is 11.8 Å². The van der Waals surface area contributed by atoms with Crippen LogP contribution in [0.4, 0.5) is 5.82 Å². The van der Waals surface area contributed by atoms with E-state index in [9.17, 15) is 9.90 Å². The lowest BCUT2D eigenvalue weighted by Gasteiger charge is -2.44. The van der Waals surface area contributed by atoms with Gasteiger partial charge in [0.25, 0.3) is 5.91 Å². The number of nitrogens with one attached hydrogen (secondary N) is 3. The first kappa shape index (κ1) is 24.8. The van der Waals surface area contributed by atoms with Crippen molar-refractivity contribution in [3.8, 4) is 11.3 Å². The Labute approximate surface area is 213 Å². The molecule has 12 heteroatoms. The second-order valence-electron chi connectivity index (χ2n) is 9.39. The molecule has 1 aliphatic carbocycles. The molecule has 1 amide bonds. The van der Waals surface area contributed by atoms with E-state index in [1.807, 2.05) is 13.8 Å². The SMILES string of the molecule is CCOC1C(C(C)NC(=O)c2c(N)nn3ccc(-c4cncc(CO)c4)nc23)CC(Cl)C2CNNC21. The molecule has 0 radical (unpaired) electrons. The lowest BCUT2D eigenvalue weighted by Crippen LogP contribution is -2.58. The number of hydrogen-bond donors (Lipinski definition) is 5. The standard InChI is InChI=1S/C24H31ClN8O3/c1-3-36-21-15(7-17(25)16-10-28-31-20(16)21)12(2)29-24(35)19-22(26)32-33-5-4-18(30-23(19)33)14-6-13(11-34)8-27-9-14/h4-6,8-9,12,15-17,20-21,28,31,34H,3,7,10-11H2,1-2H3,(H2,26,32)(H,29,35). The van der Waals surface area contributed by atoms with E-state index in [1.165, 1.54) is 4.52 Å². The van der Waals surface area contributed by atoms with Crippen LogP contribution in [0.3, 0.4) is 0 Å². The van der Waals surface area contributed by atoms with Gasteiger partial charge in [-0.25, -0.2) is 9.50 Å². The number of hydrogen-bond acceptors (Lipinski definition) is 9. The van der Waals surface area contributed by atoms with Gasteiger partial charge in [0.1, 0.15) is 5.56 Å². The second-order valence-corrected chi connectivity index (χ2v) is 9.95. The maximum atomic E-state index is 13.5. The summed E-state index contributed by atoms with van der Waals surface area (Å²) in [5, 5.41) is 16.8. The van der Waals surface area contributed by atoms with Crippen molar-refractivity contribution in [2.45, 2.75) is 50.4 Å². The Morgan fingerprint density at radius 1 is 1.44 bits per heavy atom. The summed E-state index contributed by atoms with van der Waals surface area (Å²) in [6.45, 7) is 5.17. The third kappa shape index (κ3) is 4.53. The fraction of sp³-hybridized carbons (Fsp3) is 0.500. The number of amides is 1. The van der Waals surface area contributed by atoms with E-state index in [4.69, 9.17) is 22.1 Å². The van der Waals surface area contributed by atoms with Crippen molar-refractivity contribution in [2.75, 3.05) is 18.9 Å². The maximum Gasteiger partial charge on any atom is 0.259 e. The fourth-order valence-electron chi connectivity index (χ4n) is 5.38. The van der Waals surface area contributed by atoms with Gasteiger partial charge in [-0.2, -0.15) is 0 Å². The molecule has 4 heterocycles. The van der Waals surface area contributed by atoms with Gasteiger partial charge in [-0.15, -0.1) is 16.7 Å². The van der Waals surface area contributed by atoms with Gasteiger partial charge in [0.2, 0.25) is 0 Å². The number of fused-ring (bicyclic) bond motifs is 2. The number of nitrogens with two attached hydrogens (primary N) is 1. The summed E-state index contributed by atoms with van der Waals surface area (Å²) >= 11 is 6.75. The van der Waals surface area contributed by atoms with Gasteiger partial charge in [-0.1, -0.05) is 0 Å². The molecule has 11 nitrogen and oxygen atoms in total. The summed E-state index contributed by atoms with van der Waals surface area (Å²) in [5.41, 5.74) is 15.2. The smallest absolute Gasteiger partial charge is 0.259 e. The number of pyridine rings is 1. The van der Waals surface area contributed by atoms with Crippen LogP contribution in [0.1, 0.15) is 36.2 Å². The molecule has 1 saturated heterocycles. The molecule has 192 valence electrons. The van der Waals surface area contributed by atoms with E-state index in [1.54, 1.807) is 30.7 Å². The fourth-order valence-corrected chi connectivity index (χ4v) is 5.83. The zero-order chi connectivity index (χ0) is 25.4. The summed E-state index contributed by atoms with van der Waals surface area (Å²) in [5.74, 6) is -0.000537. The minimum absolute atomic E-state index is 0.00364. The van der Waals surface area contributed by atoms with Gasteiger partial charge in [-0.05, 0) is 38.0 Å². The van der Waals surface area contributed by atoms with Gasteiger partial charge in [0.15, 0.2) is 11.5 Å². The van der Waals surface area contributed by atoms with Crippen LogP contribution in [-0.2, 0) is 11.3 Å². The third-order valence-electron chi connectivity index (χ3n) is 7.18. The first-order valence-electron chi connectivity index (χ1n) is 12.2. The third-order valence-corrected chi connectivity index (χ3v) is 7.68. The van der Waals surface area contributed by atoms with Crippen molar-refractivity contribution in [2.24, 2.45) is 11.8 Å². The highest BCUT2D eigenvalue weighted by atomic mass is 35.5. The average molecular weight is 515 g/mol. The van der Waals surface area contributed by atoms with Gasteiger partial charge in [0.05, 0.1) is 24.4 Å². The Morgan fingerprint density at radius 3 is 3.06 bits per heavy atom. The highest BCUT2D eigenvalue weighted by Crippen LogP contribution is 2.38.